The van der Waals surface area contributed by atoms with Crippen LogP contribution in [0.5, 0.6) is 5.75 Å². The number of anilines is 1. The normalized spacial score (nSPS) is 17.8. The van der Waals surface area contributed by atoms with E-state index in [1.165, 1.54) is 22.0 Å². The first kappa shape index (κ1) is 23.4. The molecule has 0 aliphatic carbocycles. The van der Waals surface area contributed by atoms with Crippen molar-refractivity contribution < 1.29 is 4.74 Å². The van der Waals surface area contributed by atoms with Gasteiger partial charge in [0.1, 0.15) is 5.75 Å². The molecule has 2 aromatic heterocycles. The van der Waals surface area contributed by atoms with Crippen LogP contribution in [-0.2, 0) is 0 Å². The van der Waals surface area contributed by atoms with Gasteiger partial charge in [-0.1, -0.05) is 36.4 Å². The van der Waals surface area contributed by atoms with Gasteiger partial charge in [-0.25, -0.2) is 4.99 Å². The molecule has 0 unspecified atom stereocenters. The lowest BCUT2D eigenvalue weighted by Gasteiger charge is -2.36. The van der Waals surface area contributed by atoms with Crippen LogP contribution in [0.2, 0.25) is 0 Å². The standard InChI is InChI=1S/C31H33N5O/c1-21-17-22(2)32-27(21)18-28-30(37-3)19-29(33-28)31-25(24-11-7-8-12-26(24)34-31)20-35-13-15-36(16-14-35)23-9-5-4-6-10-23/h4-12,17-19,32-33H,13-16,20H2,1-3H3/b28-18-,31-29?. The summed E-state index contributed by atoms with van der Waals surface area (Å²) >= 11 is 0. The van der Waals surface area contributed by atoms with Crippen molar-refractivity contribution in [3.8, 4) is 5.75 Å². The second-order valence-electron chi connectivity index (χ2n) is 9.91. The molecule has 6 rings (SSSR count). The quantitative estimate of drug-likeness (QED) is 0.450. The van der Waals surface area contributed by atoms with Crippen molar-refractivity contribution in [2.45, 2.75) is 13.8 Å². The Kier molecular flexibility index (Phi) is 6.18. The summed E-state index contributed by atoms with van der Waals surface area (Å²) in [6.45, 7) is 9.15. The minimum Gasteiger partial charge on any atom is -0.494 e. The minimum atomic E-state index is 0.816. The zero-order chi connectivity index (χ0) is 25.4. The second-order valence-corrected chi connectivity index (χ2v) is 9.91. The number of para-hydroxylation sites is 2. The minimum absolute atomic E-state index is 0.816. The highest BCUT2D eigenvalue weighted by Crippen LogP contribution is 2.20. The first-order valence-electron chi connectivity index (χ1n) is 12.9. The van der Waals surface area contributed by atoms with Crippen LogP contribution in [0, 0.1) is 13.8 Å². The van der Waals surface area contributed by atoms with Gasteiger partial charge in [-0.2, -0.15) is 0 Å². The molecule has 37 heavy (non-hydrogen) atoms. The number of aromatic nitrogens is 2. The third-order valence-corrected chi connectivity index (χ3v) is 7.39. The molecular weight excluding hydrogens is 458 g/mol. The van der Waals surface area contributed by atoms with Crippen molar-refractivity contribution in [2.75, 3.05) is 44.7 Å². The zero-order valence-electron chi connectivity index (χ0n) is 21.7. The predicted octanol–water partition coefficient (Wildman–Crippen LogP) is 2.21. The Hall–Kier alpha value is -4.03. The van der Waals surface area contributed by atoms with E-state index >= 15 is 0 Å². The highest BCUT2D eigenvalue weighted by Gasteiger charge is 2.22. The van der Waals surface area contributed by atoms with E-state index in [0.717, 1.165) is 71.6 Å². The van der Waals surface area contributed by atoms with Crippen molar-refractivity contribution >= 4 is 23.0 Å². The Balaban J connectivity index is 1.36. The van der Waals surface area contributed by atoms with Gasteiger partial charge >= 0.3 is 0 Å². The summed E-state index contributed by atoms with van der Waals surface area (Å²) in [4.78, 5) is 17.2. The van der Waals surface area contributed by atoms with E-state index in [1.54, 1.807) is 7.11 Å². The van der Waals surface area contributed by atoms with E-state index in [2.05, 4.69) is 106 Å². The third kappa shape index (κ3) is 4.60. The summed E-state index contributed by atoms with van der Waals surface area (Å²) in [6.07, 6.45) is 2.12. The maximum absolute atomic E-state index is 5.76. The molecule has 0 bridgehead atoms. The van der Waals surface area contributed by atoms with E-state index in [0.29, 0.717) is 0 Å². The van der Waals surface area contributed by atoms with Crippen molar-refractivity contribution in [3.05, 3.63) is 105 Å². The maximum atomic E-state index is 5.76. The Morgan fingerprint density at radius 1 is 0.919 bits per heavy atom. The first-order valence-corrected chi connectivity index (χ1v) is 12.9. The molecule has 4 heterocycles. The summed E-state index contributed by atoms with van der Waals surface area (Å²) in [5.74, 6) is 0.816. The summed E-state index contributed by atoms with van der Waals surface area (Å²) in [6, 6.07) is 23.4. The van der Waals surface area contributed by atoms with Gasteiger partial charge in [-0.05, 0) is 49.8 Å². The van der Waals surface area contributed by atoms with Crippen LogP contribution < -0.4 is 30.9 Å². The highest BCUT2D eigenvalue weighted by molar-refractivity contribution is 5.90. The number of aryl methyl sites for hydroxylation is 2. The van der Waals surface area contributed by atoms with Crippen molar-refractivity contribution in [3.63, 3.8) is 0 Å². The zero-order valence-corrected chi connectivity index (χ0v) is 21.7. The van der Waals surface area contributed by atoms with E-state index in [4.69, 9.17) is 9.73 Å². The van der Waals surface area contributed by atoms with Crippen LogP contribution in [0.1, 0.15) is 17.0 Å². The van der Waals surface area contributed by atoms with E-state index in [1.807, 2.05) is 0 Å². The number of nitrogens with one attached hydrogen (secondary N) is 2. The van der Waals surface area contributed by atoms with Gasteiger partial charge in [0.15, 0.2) is 0 Å². The third-order valence-electron chi connectivity index (χ3n) is 7.39. The highest BCUT2D eigenvalue weighted by atomic mass is 16.5. The monoisotopic (exact) mass is 491 g/mol. The average Bonchev–Trinajstić information content (AvgIpc) is 3.60. The Labute approximate surface area is 216 Å². The predicted molar refractivity (Wildman–Crippen MR) is 150 cm³/mol. The largest absolute Gasteiger partial charge is 0.494 e. The van der Waals surface area contributed by atoms with Crippen LogP contribution >= 0.6 is 0 Å². The fourth-order valence-corrected chi connectivity index (χ4v) is 5.45. The number of methoxy groups -OCH3 is 1. The van der Waals surface area contributed by atoms with Gasteiger partial charge in [0.25, 0.3) is 0 Å². The van der Waals surface area contributed by atoms with Crippen LogP contribution in [0.4, 0.5) is 5.69 Å². The molecule has 2 aliphatic heterocycles. The summed E-state index contributed by atoms with van der Waals surface area (Å²) in [5, 5.41) is 4.18. The lowest BCUT2D eigenvalue weighted by atomic mass is 10.1. The molecule has 1 fully saturated rings. The molecule has 4 aromatic rings. The van der Waals surface area contributed by atoms with Crippen LogP contribution in [0.3, 0.4) is 0 Å². The number of piperazine rings is 1. The average molecular weight is 492 g/mol. The molecule has 6 nitrogen and oxygen atoms in total. The molecule has 2 aliphatic rings. The van der Waals surface area contributed by atoms with Gasteiger partial charge in [0.05, 0.1) is 28.9 Å². The number of aromatic amines is 2. The van der Waals surface area contributed by atoms with Crippen LogP contribution in [-0.4, -0.2) is 54.7 Å². The van der Waals surface area contributed by atoms with Crippen LogP contribution in [0.15, 0.2) is 71.7 Å². The molecule has 0 saturated carbocycles. The SMILES string of the molecule is COc1cc(=C2N=c3ccccc3=C2CN2CCN(c3ccccc3)CC2)[nH]/c1=C\c1[nH]c(C)cc1C. The van der Waals surface area contributed by atoms with Crippen molar-refractivity contribution in [1.29, 1.82) is 0 Å². The fraction of sp³-hybridized carbons (Fsp3) is 0.258. The van der Waals surface area contributed by atoms with E-state index in [-0.39, 0.29) is 0 Å². The number of ether oxygens (including phenoxy) is 1. The topological polar surface area (TPSA) is 59.6 Å². The Morgan fingerprint density at radius 3 is 2.41 bits per heavy atom. The van der Waals surface area contributed by atoms with E-state index < -0.39 is 0 Å². The summed E-state index contributed by atoms with van der Waals surface area (Å²) < 4.78 is 5.76. The maximum Gasteiger partial charge on any atom is 0.144 e. The molecule has 1 saturated heterocycles. The molecule has 6 heteroatoms. The van der Waals surface area contributed by atoms with Gasteiger partial charge in [-0.15, -0.1) is 0 Å². The molecular formula is C31H33N5O. The number of hydrogen-bond donors (Lipinski definition) is 2. The molecule has 0 amide bonds. The fourth-order valence-electron chi connectivity index (χ4n) is 5.45. The molecule has 188 valence electrons. The van der Waals surface area contributed by atoms with Gasteiger partial charge in [0.2, 0.25) is 0 Å². The molecule has 2 aromatic carbocycles. The van der Waals surface area contributed by atoms with Gasteiger partial charge < -0.3 is 19.6 Å². The van der Waals surface area contributed by atoms with Gasteiger partial charge in [-0.3, -0.25) is 4.90 Å². The molecule has 0 atom stereocenters. The smallest absolute Gasteiger partial charge is 0.144 e. The number of nitrogens with zero attached hydrogens (tertiary/aromatic N) is 3. The molecule has 0 radical (unpaired) electrons. The van der Waals surface area contributed by atoms with Crippen LogP contribution in [0.25, 0.3) is 17.3 Å². The summed E-state index contributed by atoms with van der Waals surface area (Å²) in [5.41, 5.74) is 7.02. The van der Waals surface area contributed by atoms with Gasteiger partial charge in [0, 0.05) is 66.7 Å². The van der Waals surface area contributed by atoms with Crippen molar-refractivity contribution in [1.82, 2.24) is 14.9 Å². The Bertz CT molecular complexity index is 1670. The number of fused-ring (bicyclic) bond motifs is 1. The number of H-pyrrole nitrogens is 2. The Morgan fingerprint density at radius 2 is 1.68 bits per heavy atom. The van der Waals surface area contributed by atoms with E-state index in [9.17, 15) is 0 Å². The second kappa shape index (κ2) is 9.79. The molecule has 0 spiro atoms. The first-order chi connectivity index (χ1) is 18.1. The number of hydrogen-bond acceptors (Lipinski definition) is 4. The summed E-state index contributed by atoms with van der Waals surface area (Å²) in [7, 11) is 1.72. The lowest BCUT2D eigenvalue weighted by Crippen LogP contribution is -2.47. The lowest BCUT2D eigenvalue weighted by molar-refractivity contribution is 0.288. The van der Waals surface area contributed by atoms with Crippen molar-refractivity contribution in [2.24, 2.45) is 4.99 Å². The molecule has 2 N–H and O–H groups in total. The number of rotatable bonds is 5. The number of benzene rings is 2.